The van der Waals surface area contributed by atoms with E-state index in [1.54, 1.807) is 0 Å². The van der Waals surface area contributed by atoms with Gasteiger partial charge >= 0.3 is 5.97 Å². The fraction of sp³-hybridized carbons (Fsp3) is 0.708. The Hall–Kier alpha value is -2.35. The maximum Gasteiger partial charge on any atom is 0.315 e. The van der Waals surface area contributed by atoms with Gasteiger partial charge in [-0.15, -0.1) is 0 Å². The van der Waals surface area contributed by atoms with Crippen LogP contribution in [-0.2, 0) is 32.1 Å². The molecular weight excluding hydrogens is 408 g/mol. The summed E-state index contributed by atoms with van der Waals surface area (Å²) >= 11 is 0. The fourth-order valence-corrected chi connectivity index (χ4v) is 4.92. The van der Waals surface area contributed by atoms with E-state index in [1.807, 2.05) is 4.90 Å². The van der Waals surface area contributed by atoms with Crippen LogP contribution in [0.4, 0.5) is 11.5 Å². The molecule has 2 N–H and O–H groups in total. The van der Waals surface area contributed by atoms with Gasteiger partial charge in [0.15, 0.2) is 5.82 Å². The summed E-state index contributed by atoms with van der Waals surface area (Å²) in [5, 5.41) is 0. The molecule has 1 atom stereocenters. The number of rotatable bonds is 5. The highest BCUT2D eigenvalue weighted by molar-refractivity contribution is 5.94. The highest BCUT2D eigenvalue weighted by Crippen LogP contribution is 2.46. The SMILES string of the molecule is COC(=O)CC(=O)N1CCN(c2nc(C3CC3)c3c(c2N)CC(C)(C)OC3)C[C@H]1C(C)C. The average Bonchev–Trinajstić information content (AvgIpc) is 3.58. The molecule has 1 aromatic heterocycles. The van der Waals surface area contributed by atoms with Gasteiger partial charge < -0.3 is 25.0 Å². The number of nitrogens with two attached hydrogens (primary N) is 1. The predicted molar refractivity (Wildman–Crippen MR) is 122 cm³/mol. The Morgan fingerprint density at radius 1 is 1.25 bits per heavy atom. The van der Waals surface area contributed by atoms with Gasteiger partial charge in [0.2, 0.25) is 5.91 Å². The molecule has 3 aliphatic rings. The van der Waals surface area contributed by atoms with E-state index in [2.05, 4.69) is 32.6 Å². The minimum Gasteiger partial charge on any atom is -0.469 e. The van der Waals surface area contributed by atoms with Crippen LogP contribution in [0.2, 0.25) is 0 Å². The Kier molecular flexibility index (Phi) is 6.09. The lowest BCUT2D eigenvalue weighted by atomic mass is 9.89. The number of carbonyl (C=O) groups excluding carboxylic acids is 2. The van der Waals surface area contributed by atoms with Crippen molar-refractivity contribution in [3.63, 3.8) is 0 Å². The van der Waals surface area contributed by atoms with E-state index in [0.717, 1.165) is 36.5 Å². The monoisotopic (exact) mass is 444 g/mol. The molecular formula is C24H36N4O4. The Morgan fingerprint density at radius 2 is 1.97 bits per heavy atom. The van der Waals surface area contributed by atoms with Crippen LogP contribution in [0.15, 0.2) is 0 Å². The smallest absolute Gasteiger partial charge is 0.315 e. The number of hydrogen-bond donors (Lipinski definition) is 1. The van der Waals surface area contributed by atoms with Gasteiger partial charge in [0.1, 0.15) is 6.42 Å². The molecule has 1 saturated heterocycles. The van der Waals surface area contributed by atoms with Crippen LogP contribution in [-0.4, -0.2) is 60.1 Å². The van der Waals surface area contributed by atoms with Gasteiger partial charge in [-0.25, -0.2) is 4.98 Å². The van der Waals surface area contributed by atoms with Crippen molar-refractivity contribution in [3.8, 4) is 0 Å². The number of nitrogens with zero attached hydrogens (tertiary/aromatic N) is 3. The van der Waals surface area contributed by atoms with Gasteiger partial charge in [-0.1, -0.05) is 13.8 Å². The summed E-state index contributed by atoms with van der Waals surface area (Å²) in [7, 11) is 1.31. The molecule has 1 saturated carbocycles. The molecule has 0 unspecified atom stereocenters. The number of amides is 1. The number of aromatic nitrogens is 1. The van der Waals surface area contributed by atoms with Crippen molar-refractivity contribution in [3.05, 3.63) is 16.8 Å². The maximum absolute atomic E-state index is 12.8. The molecule has 0 aromatic carbocycles. The lowest BCUT2D eigenvalue weighted by molar-refractivity contribution is -0.148. The van der Waals surface area contributed by atoms with Crippen molar-refractivity contribution in [2.75, 3.05) is 37.4 Å². The normalized spacial score (nSPS) is 22.6. The van der Waals surface area contributed by atoms with Crippen molar-refractivity contribution >= 4 is 23.4 Å². The van der Waals surface area contributed by atoms with Crippen LogP contribution in [0.3, 0.4) is 0 Å². The molecule has 8 heteroatoms. The van der Waals surface area contributed by atoms with E-state index in [4.69, 9.17) is 20.2 Å². The molecule has 0 bridgehead atoms. The molecule has 4 rings (SSSR count). The number of ether oxygens (including phenoxy) is 2. The van der Waals surface area contributed by atoms with Gasteiger partial charge in [0.25, 0.3) is 0 Å². The topological polar surface area (TPSA) is 98.0 Å². The predicted octanol–water partition coefficient (Wildman–Crippen LogP) is 2.63. The molecule has 3 heterocycles. The minimum atomic E-state index is -0.501. The second-order valence-electron chi connectivity index (χ2n) is 10.3. The Balaban J connectivity index is 1.63. The van der Waals surface area contributed by atoms with Crippen molar-refractivity contribution < 1.29 is 19.1 Å². The number of pyridine rings is 1. The number of nitrogen functional groups attached to an aromatic ring is 1. The third-order valence-electron chi connectivity index (χ3n) is 6.97. The Morgan fingerprint density at radius 3 is 2.59 bits per heavy atom. The van der Waals surface area contributed by atoms with Crippen LogP contribution >= 0.6 is 0 Å². The quantitative estimate of drug-likeness (QED) is 0.551. The molecule has 2 fully saturated rings. The van der Waals surface area contributed by atoms with Crippen LogP contribution in [0, 0.1) is 5.92 Å². The molecule has 32 heavy (non-hydrogen) atoms. The first kappa shape index (κ1) is 22.8. The standard InChI is InChI=1S/C24H36N4O4/c1-14(2)18-12-27(8-9-28(18)19(29)10-20(30)31-5)23-21(25)16-11-24(3,4)32-13-17(16)22(26-23)15-6-7-15/h14-15,18H,6-13,25H2,1-5H3/t18-/m0/s1. The van der Waals surface area contributed by atoms with Crippen LogP contribution in [0.25, 0.3) is 0 Å². The van der Waals surface area contributed by atoms with E-state index in [1.165, 1.54) is 18.2 Å². The summed E-state index contributed by atoms with van der Waals surface area (Å²) in [6.07, 6.45) is 2.88. The van der Waals surface area contributed by atoms with E-state index in [-0.39, 0.29) is 29.9 Å². The van der Waals surface area contributed by atoms with Gasteiger partial charge in [-0.2, -0.15) is 0 Å². The molecule has 1 aromatic rings. The summed E-state index contributed by atoms with van der Waals surface area (Å²) in [4.78, 5) is 33.6. The zero-order valence-electron chi connectivity index (χ0n) is 19.9. The maximum atomic E-state index is 12.8. The number of piperazine rings is 1. The van der Waals surface area contributed by atoms with E-state index in [0.29, 0.717) is 32.2 Å². The van der Waals surface area contributed by atoms with Crippen LogP contribution in [0.1, 0.15) is 69.7 Å². The van der Waals surface area contributed by atoms with Gasteiger partial charge in [0.05, 0.1) is 36.7 Å². The third kappa shape index (κ3) is 4.42. The van der Waals surface area contributed by atoms with Gasteiger partial charge in [0, 0.05) is 37.5 Å². The number of anilines is 2. The van der Waals surface area contributed by atoms with E-state index in [9.17, 15) is 9.59 Å². The molecule has 8 nitrogen and oxygen atoms in total. The van der Waals surface area contributed by atoms with Gasteiger partial charge in [-0.05, 0) is 38.2 Å². The highest BCUT2D eigenvalue weighted by atomic mass is 16.5. The molecule has 1 aliphatic carbocycles. The number of hydrogen-bond acceptors (Lipinski definition) is 7. The van der Waals surface area contributed by atoms with Crippen molar-refractivity contribution in [1.82, 2.24) is 9.88 Å². The summed E-state index contributed by atoms with van der Waals surface area (Å²) < 4.78 is 10.8. The largest absolute Gasteiger partial charge is 0.469 e. The summed E-state index contributed by atoms with van der Waals surface area (Å²) in [6.45, 7) is 10.8. The second kappa shape index (κ2) is 8.54. The van der Waals surface area contributed by atoms with Crippen molar-refractivity contribution in [1.29, 1.82) is 0 Å². The average molecular weight is 445 g/mol. The molecule has 176 valence electrons. The van der Waals surface area contributed by atoms with Crippen LogP contribution < -0.4 is 10.6 Å². The molecule has 2 aliphatic heterocycles. The van der Waals surface area contributed by atoms with E-state index < -0.39 is 5.97 Å². The second-order valence-corrected chi connectivity index (χ2v) is 10.3. The number of fused-ring (bicyclic) bond motifs is 1. The van der Waals surface area contributed by atoms with Crippen molar-refractivity contribution in [2.24, 2.45) is 5.92 Å². The summed E-state index contributed by atoms with van der Waals surface area (Å²) in [5.41, 5.74) is 10.7. The highest BCUT2D eigenvalue weighted by Gasteiger charge is 2.39. The number of esters is 1. The fourth-order valence-electron chi connectivity index (χ4n) is 4.92. The lowest BCUT2D eigenvalue weighted by Gasteiger charge is -2.44. The summed E-state index contributed by atoms with van der Waals surface area (Å²) in [5.74, 6) is 0.887. The van der Waals surface area contributed by atoms with Crippen molar-refractivity contribution in [2.45, 2.75) is 77.5 Å². The summed E-state index contributed by atoms with van der Waals surface area (Å²) in [6, 6.07) is -0.0257. The van der Waals surface area contributed by atoms with Gasteiger partial charge in [-0.3, -0.25) is 9.59 Å². The Labute approximate surface area is 190 Å². The molecule has 0 spiro atoms. The Bertz CT molecular complexity index is 910. The minimum absolute atomic E-state index is 0.0257. The van der Waals surface area contributed by atoms with Crippen LogP contribution in [0.5, 0.6) is 0 Å². The molecule has 0 radical (unpaired) electrons. The first-order valence-electron chi connectivity index (χ1n) is 11.7. The first-order valence-corrected chi connectivity index (χ1v) is 11.7. The molecule has 1 amide bonds. The first-order chi connectivity index (χ1) is 15.1. The third-order valence-corrected chi connectivity index (χ3v) is 6.97. The lowest BCUT2D eigenvalue weighted by Crippen LogP contribution is -2.57. The van der Waals surface area contributed by atoms with E-state index >= 15 is 0 Å². The number of methoxy groups -OCH3 is 1. The number of carbonyl (C=O) groups is 2. The zero-order valence-corrected chi connectivity index (χ0v) is 19.9. The zero-order chi connectivity index (χ0) is 23.2.